The molecule has 0 amide bonds. The number of phenolic OH excluding ortho intramolecular Hbond substituents is 1. The van der Waals surface area contributed by atoms with E-state index in [0.29, 0.717) is 30.3 Å². The average Bonchev–Trinajstić information content (AvgIpc) is 3.23. The molecule has 98 valence electrons. The Kier molecular flexibility index (Phi) is 3.01. The van der Waals surface area contributed by atoms with Crippen LogP contribution in [0.15, 0.2) is 12.1 Å². The smallest absolute Gasteiger partial charge is 0.129 e. The lowest BCUT2D eigenvalue weighted by atomic mass is 10.2. The van der Waals surface area contributed by atoms with Crippen molar-refractivity contribution in [2.45, 2.75) is 19.1 Å². The van der Waals surface area contributed by atoms with E-state index < -0.39 is 0 Å². The molecule has 18 heavy (non-hydrogen) atoms. The van der Waals surface area contributed by atoms with Gasteiger partial charge in [-0.3, -0.25) is 0 Å². The van der Waals surface area contributed by atoms with Crippen molar-refractivity contribution in [3.63, 3.8) is 0 Å². The van der Waals surface area contributed by atoms with Gasteiger partial charge in [-0.2, -0.15) is 0 Å². The molecule has 0 aliphatic carbocycles. The highest BCUT2D eigenvalue weighted by atomic mass is 16.6. The molecule has 2 fully saturated rings. The number of phenols is 1. The molecule has 1 aromatic rings. The van der Waals surface area contributed by atoms with Crippen LogP contribution in [0.5, 0.6) is 17.2 Å². The second-order valence-electron chi connectivity index (χ2n) is 4.60. The number of aromatic hydroxyl groups is 1. The van der Waals surface area contributed by atoms with E-state index in [1.165, 1.54) is 0 Å². The second-order valence-corrected chi connectivity index (χ2v) is 4.60. The minimum Gasteiger partial charge on any atom is -0.507 e. The number of hydrogen-bond acceptors (Lipinski definition) is 5. The molecule has 1 N–H and O–H groups in total. The third-order valence-electron chi connectivity index (χ3n) is 2.97. The lowest BCUT2D eigenvalue weighted by Gasteiger charge is -2.12. The minimum absolute atomic E-state index is 0.177. The summed E-state index contributed by atoms with van der Waals surface area (Å²) in [6.07, 6.45) is 0.383. The molecule has 0 radical (unpaired) electrons. The van der Waals surface area contributed by atoms with Crippen LogP contribution in [-0.4, -0.2) is 43.7 Å². The van der Waals surface area contributed by atoms with Crippen LogP contribution in [0, 0.1) is 6.92 Å². The maximum absolute atomic E-state index is 9.82. The lowest BCUT2D eigenvalue weighted by molar-refractivity contribution is 0.249. The number of epoxide rings is 2. The van der Waals surface area contributed by atoms with Gasteiger partial charge in [-0.15, -0.1) is 0 Å². The SMILES string of the molecule is Cc1c(O)cc(OCC2CO2)cc1OCC1CO1. The van der Waals surface area contributed by atoms with Crippen LogP contribution in [0.3, 0.4) is 0 Å². The van der Waals surface area contributed by atoms with E-state index in [-0.39, 0.29) is 18.0 Å². The van der Waals surface area contributed by atoms with Gasteiger partial charge in [-0.25, -0.2) is 0 Å². The highest BCUT2D eigenvalue weighted by Crippen LogP contribution is 2.33. The van der Waals surface area contributed by atoms with Crippen LogP contribution in [0.1, 0.15) is 5.56 Å². The Hall–Kier alpha value is -1.46. The molecule has 0 bridgehead atoms. The Morgan fingerprint density at radius 2 is 1.78 bits per heavy atom. The van der Waals surface area contributed by atoms with E-state index in [1.54, 1.807) is 12.1 Å². The molecule has 1 aromatic carbocycles. The summed E-state index contributed by atoms with van der Waals surface area (Å²) in [6, 6.07) is 3.39. The molecule has 0 saturated carbocycles. The van der Waals surface area contributed by atoms with E-state index in [0.717, 1.165) is 13.2 Å². The van der Waals surface area contributed by atoms with Crippen molar-refractivity contribution >= 4 is 0 Å². The molecule has 3 rings (SSSR count). The van der Waals surface area contributed by atoms with E-state index in [1.807, 2.05) is 6.92 Å². The predicted molar refractivity (Wildman–Crippen MR) is 63.3 cm³/mol. The van der Waals surface area contributed by atoms with E-state index in [2.05, 4.69) is 0 Å². The van der Waals surface area contributed by atoms with Crippen LogP contribution in [0.25, 0.3) is 0 Å². The first-order chi connectivity index (χ1) is 8.72. The largest absolute Gasteiger partial charge is 0.507 e. The van der Waals surface area contributed by atoms with Gasteiger partial charge in [0, 0.05) is 17.7 Å². The van der Waals surface area contributed by atoms with Crippen molar-refractivity contribution in [3.05, 3.63) is 17.7 Å². The molecule has 2 atom stereocenters. The second kappa shape index (κ2) is 4.66. The quantitative estimate of drug-likeness (QED) is 0.772. The van der Waals surface area contributed by atoms with Crippen LogP contribution in [0.2, 0.25) is 0 Å². The Labute approximate surface area is 105 Å². The fourth-order valence-corrected chi connectivity index (χ4v) is 1.58. The fraction of sp³-hybridized carbons (Fsp3) is 0.538. The van der Waals surface area contributed by atoms with E-state index in [9.17, 15) is 5.11 Å². The Balaban J connectivity index is 1.67. The molecular weight excluding hydrogens is 236 g/mol. The van der Waals surface area contributed by atoms with Gasteiger partial charge in [0.15, 0.2) is 0 Å². The van der Waals surface area contributed by atoms with Gasteiger partial charge in [0.05, 0.1) is 13.2 Å². The van der Waals surface area contributed by atoms with Crippen LogP contribution in [0.4, 0.5) is 0 Å². The monoisotopic (exact) mass is 252 g/mol. The fourth-order valence-electron chi connectivity index (χ4n) is 1.58. The molecule has 2 saturated heterocycles. The number of ether oxygens (including phenoxy) is 4. The van der Waals surface area contributed by atoms with Crippen LogP contribution < -0.4 is 9.47 Å². The zero-order valence-corrected chi connectivity index (χ0v) is 10.2. The Morgan fingerprint density at radius 3 is 2.39 bits per heavy atom. The third-order valence-corrected chi connectivity index (χ3v) is 2.97. The van der Waals surface area contributed by atoms with Crippen molar-refractivity contribution in [1.29, 1.82) is 0 Å². The molecule has 0 spiro atoms. The molecule has 5 nitrogen and oxygen atoms in total. The topological polar surface area (TPSA) is 63.8 Å². The number of hydrogen-bond donors (Lipinski definition) is 1. The van der Waals surface area contributed by atoms with Gasteiger partial charge >= 0.3 is 0 Å². The van der Waals surface area contributed by atoms with Crippen molar-refractivity contribution in [2.24, 2.45) is 0 Å². The first kappa shape index (κ1) is 11.6. The maximum Gasteiger partial charge on any atom is 0.129 e. The maximum atomic E-state index is 9.82. The summed E-state index contributed by atoms with van der Waals surface area (Å²) in [5.74, 6) is 1.41. The van der Waals surface area contributed by atoms with Crippen molar-refractivity contribution < 1.29 is 24.1 Å². The van der Waals surface area contributed by atoms with Crippen molar-refractivity contribution in [3.8, 4) is 17.2 Å². The van der Waals surface area contributed by atoms with Crippen molar-refractivity contribution in [2.75, 3.05) is 26.4 Å². The van der Waals surface area contributed by atoms with E-state index in [4.69, 9.17) is 18.9 Å². The minimum atomic E-state index is 0.177. The van der Waals surface area contributed by atoms with Crippen LogP contribution in [-0.2, 0) is 9.47 Å². The molecule has 2 unspecified atom stereocenters. The van der Waals surface area contributed by atoms with Crippen molar-refractivity contribution in [1.82, 2.24) is 0 Å². The van der Waals surface area contributed by atoms with E-state index >= 15 is 0 Å². The summed E-state index contributed by atoms with van der Waals surface area (Å²) in [4.78, 5) is 0. The zero-order chi connectivity index (χ0) is 12.5. The Morgan fingerprint density at radius 1 is 1.17 bits per heavy atom. The Bertz CT molecular complexity index is 437. The molecular formula is C13H16O5. The molecule has 2 aliphatic rings. The van der Waals surface area contributed by atoms with Gasteiger partial charge in [-0.05, 0) is 6.92 Å². The van der Waals surface area contributed by atoms with Gasteiger partial charge in [0.2, 0.25) is 0 Å². The van der Waals surface area contributed by atoms with Crippen LogP contribution >= 0.6 is 0 Å². The number of benzene rings is 1. The van der Waals surface area contributed by atoms with Gasteiger partial charge < -0.3 is 24.1 Å². The molecule has 5 heteroatoms. The third kappa shape index (κ3) is 2.86. The first-order valence-corrected chi connectivity index (χ1v) is 6.05. The predicted octanol–water partition coefficient (Wildman–Crippen LogP) is 1.26. The summed E-state index contributed by atoms with van der Waals surface area (Å²) in [5.41, 5.74) is 0.714. The standard InChI is InChI=1S/C13H16O5/c1-8-12(14)2-9(15-4-10-5-16-10)3-13(8)18-7-11-6-17-11/h2-3,10-11,14H,4-7H2,1H3. The van der Waals surface area contributed by atoms with Gasteiger partial charge in [0.25, 0.3) is 0 Å². The summed E-state index contributed by atoms with van der Waals surface area (Å²) in [6.45, 7) is 4.33. The normalized spacial score (nSPS) is 24.7. The summed E-state index contributed by atoms with van der Waals surface area (Å²) in [5, 5.41) is 9.82. The van der Waals surface area contributed by atoms with Gasteiger partial charge in [0.1, 0.15) is 42.7 Å². The van der Waals surface area contributed by atoms with Gasteiger partial charge in [-0.1, -0.05) is 0 Å². The molecule has 0 aromatic heterocycles. The highest BCUT2D eigenvalue weighted by Gasteiger charge is 2.25. The highest BCUT2D eigenvalue weighted by molar-refractivity contribution is 5.49. The summed E-state index contributed by atoms with van der Waals surface area (Å²) in [7, 11) is 0. The molecule has 2 aliphatic heterocycles. The summed E-state index contributed by atoms with van der Waals surface area (Å²) >= 11 is 0. The first-order valence-electron chi connectivity index (χ1n) is 6.05. The average molecular weight is 252 g/mol. The zero-order valence-electron chi connectivity index (χ0n) is 10.2. The molecule has 2 heterocycles. The number of rotatable bonds is 6. The summed E-state index contributed by atoms with van der Waals surface area (Å²) < 4.78 is 21.3. The lowest BCUT2D eigenvalue weighted by Crippen LogP contribution is -2.07.